The van der Waals surface area contributed by atoms with E-state index in [1.54, 1.807) is 11.0 Å². The molecule has 142 valence electrons. The molecule has 2 aromatic rings. The van der Waals surface area contributed by atoms with Crippen LogP contribution in [0.25, 0.3) is 0 Å². The van der Waals surface area contributed by atoms with Crippen molar-refractivity contribution in [3.63, 3.8) is 0 Å². The highest BCUT2D eigenvalue weighted by Gasteiger charge is 2.23. The van der Waals surface area contributed by atoms with Crippen LogP contribution in [0.3, 0.4) is 0 Å². The molecule has 0 aromatic heterocycles. The summed E-state index contributed by atoms with van der Waals surface area (Å²) in [6, 6.07) is 11.9. The maximum atomic E-state index is 13.2. The van der Waals surface area contributed by atoms with E-state index in [1.165, 1.54) is 35.0 Å². The minimum absolute atomic E-state index is 0.204. The first-order valence-corrected chi connectivity index (χ1v) is 9.08. The molecule has 1 N–H and O–H groups in total. The van der Waals surface area contributed by atoms with E-state index in [4.69, 9.17) is 0 Å². The number of rotatable bonds is 4. The van der Waals surface area contributed by atoms with Crippen molar-refractivity contribution in [1.29, 1.82) is 0 Å². The third-order valence-corrected chi connectivity index (χ3v) is 4.97. The van der Waals surface area contributed by atoms with Gasteiger partial charge >= 0.3 is 0 Å². The van der Waals surface area contributed by atoms with Gasteiger partial charge in [-0.3, -0.25) is 9.59 Å². The molecule has 2 aromatic carbocycles. The van der Waals surface area contributed by atoms with Gasteiger partial charge in [0.25, 0.3) is 0 Å². The van der Waals surface area contributed by atoms with E-state index in [1.807, 2.05) is 6.07 Å². The lowest BCUT2D eigenvalue weighted by molar-refractivity contribution is -0.134. The van der Waals surface area contributed by atoms with Crippen LogP contribution in [0.1, 0.15) is 17.5 Å². The summed E-state index contributed by atoms with van der Waals surface area (Å²) in [7, 11) is 0. The van der Waals surface area contributed by atoms with Gasteiger partial charge in [0.15, 0.2) is 0 Å². The number of hydrogen-bond acceptors (Lipinski definition) is 3. The molecular formula is C21H24FN3O2. The molecule has 1 heterocycles. The SMILES string of the molecule is Cc1cccc(N2CCN(C(=O)CC(=O)Nc3cccc(F)c3)CC2)c1C. The summed E-state index contributed by atoms with van der Waals surface area (Å²) in [6.45, 7) is 6.84. The molecule has 0 atom stereocenters. The third kappa shape index (κ3) is 4.64. The van der Waals surface area contributed by atoms with Gasteiger partial charge in [0.2, 0.25) is 11.8 Å². The van der Waals surface area contributed by atoms with Crippen molar-refractivity contribution in [1.82, 2.24) is 4.90 Å². The lowest BCUT2D eigenvalue weighted by Gasteiger charge is -2.37. The van der Waals surface area contributed by atoms with Gasteiger partial charge in [-0.15, -0.1) is 0 Å². The van der Waals surface area contributed by atoms with E-state index in [9.17, 15) is 14.0 Å². The Bertz CT molecular complexity index is 845. The van der Waals surface area contributed by atoms with Crippen LogP contribution in [-0.4, -0.2) is 42.9 Å². The molecule has 0 unspecified atom stereocenters. The molecule has 27 heavy (non-hydrogen) atoms. The van der Waals surface area contributed by atoms with Gasteiger partial charge in [0.1, 0.15) is 12.2 Å². The van der Waals surface area contributed by atoms with E-state index in [0.29, 0.717) is 18.8 Å². The number of piperazine rings is 1. The number of nitrogens with one attached hydrogen (secondary N) is 1. The first-order chi connectivity index (χ1) is 12.9. The summed E-state index contributed by atoms with van der Waals surface area (Å²) in [5, 5.41) is 2.56. The Morgan fingerprint density at radius 2 is 1.74 bits per heavy atom. The first-order valence-electron chi connectivity index (χ1n) is 9.08. The van der Waals surface area contributed by atoms with Crippen molar-refractivity contribution >= 4 is 23.2 Å². The highest BCUT2D eigenvalue weighted by atomic mass is 19.1. The van der Waals surface area contributed by atoms with Crippen LogP contribution in [0.2, 0.25) is 0 Å². The summed E-state index contributed by atoms with van der Waals surface area (Å²) < 4.78 is 13.2. The summed E-state index contributed by atoms with van der Waals surface area (Å²) in [6.07, 6.45) is -0.236. The predicted octanol–water partition coefficient (Wildman–Crippen LogP) is 3.12. The number of carbonyl (C=O) groups is 2. The second-order valence-corrected chi connectivity index (χ2v) is 6.82. The van der Waals surface area contributed by atoms with Gasteiger partial charge in [0.05, 0.1) is 0 Å². The van der Waals surface area contributed by atoms with Gasteiger partial charge in [0, 0.05) is 37.6 Å². The van der Waals surface area contributed by atoms with Gasteiger partial charge in [-0.1, -0.05) is 18.2 Å². The molecule has 6 heteroatoms. The quantitative estimate of drug-likeness (QED) is 0.843. The zero-order valence-corrected chi connectivity index (χ0v) is 15.7. The molecule has 0 aliphatic carbocycles. The Morgan fingerprint density at radius 1 is 1.04 bits per heavy atom. The standard InChI is InChI=1S/C21H24FN3O2/c1-15-5-3-8-19(16(15)2)24-9-11-25(12-10-24)21(27)14-20(26)23-18-7-4-6-17(22)13-18/h3-8,13H,9-12,14H2,1-2H3,(H,23,26). The van der Waals surface area contributed by atoms with E-state index in [-0.39, 0.29) is 12.3 Å². The van der Waals surface area contributed by atoms with Gasteiger partial charge in [-0.2, -0.15) is 0 Å². The fourth-order valence-corrected chi connectivity index (χ4v) is 3.30. The summed E-state index contributed by atoms with van der Waals surface area (Å²) in [5.41, 5.74) is 4.06. The monoisotopic (exact) mass is 369 g/mol. The van der Waals surface area contributed by atoms with Crippen LogP contribution in [0.5, 0.6) is 0 Å². The zero-order chi connectivity index (χ0) is 19.4. The highest BCUT2D eigenvalue weighted by Crippen LogP contribution is 2.24. The first kappa shape index (κ1) is 18.9. The Labute approximate surface area is 158 Å². The van der Waals surface area contributed by atoms with Crippen LogP contribution in [0.4, 0.5) is 15.8 Å². The van der Waals surface area contributed by atoms with Crippen LogP contribution < -0.4 is 10.2 Å². The van der Waals surface area contributed by atoms with Gasteiger partial charge in [-0.25, -0.2) is 4.39 Å². The highest BCUT2D eigenvalue weighted by molar-refractivity contribution is 6.03. The number of amides is 2. The normalized spacial score (nSPS) is 14.2. The maximum absolute atomic E-state index is 13.2. The molecular weight excluding hydrogens is 345 g/mol. The van der Waals surface area contributed by atoms with E-state index < -0.39 is 11.7 Å². The average Bonchev–Trinajstić information content (AvgIpc) is 2.64. The van der Waals surface area contributed by atoms with Crippen LogP contribution in [0.15, 0.2) is 42.5 Å². The Morgan fingerprint density at radius 3 is 2.44 bits per heavy atom. The predicted molar refractivity (Wildman–Crippen MR) is 104 cm³/mol. The smallest absolute Gasteiger partial charge is 0.233 e. The number of carbonyl (C=O) groups excluding carboxylic acids is 2. The number of aryl methyl sites for hydroxylation is 1. The number of halogens is 1. The minimum Gasteiger partial charge on any atom is -0.368 e. The third-order valence-electron chi connectivity index (χ3n) is 4.97. The van der Waals surface area contributed by atoms with Crippen molar-refractivity contribution in [2.75, 3.05) is 36.4 Å². The van der Waals surface area contributed by atoms with Crippen molar-refractivity contribution < 1.29 is 14.0 Å². The minimum atomic E-state index is -0.429. The van der Waals surface area contributed by atoms with Crippen molar-refractivity contribution in [3.8, 4) is 0 Å². The summed E-state index contributed by atoms with van der Waals surface area (Å²) in [5.74, 6) is -1.06. The largest absolute Gasteiger partial charge is 0.368 e. The molecule has 5 nitrogen and oxygen atoms in total. The second-order valence-electron chi connectivity index (χ2n) is 6.82. The van der Waals surface area contributed by atoms with Crippen molar-refractivity contribution in [3.05, 3.63) is 59.4 Å². The molecule has 0 radical (unpaired) electrons. The molecule has 3 rings (SSSR count). The van der Waals surface area contributed by atoms with Gasteiger partial charge < -0.3 is 15.1 Å². The molecule has 1 fully saturated rings. The van der Waals surface area contributed by atoms with Crippen LogP contribution in [-0.2, 0) is 9.59 Å². The molecule has 0 saturated carbocycles. The Kier molecular flexibility index (Phi) is 5.74. The van der Waals surface area contributed by atoms with Crippen molar-refractivity contribution in [2.24, 2.45) is 0 Å². The molecule has 0 bridgehead atoms. The average molecular weight is 369 g/mol. The number of anilines is 2. The number of hydrogen-bond donors (Lipinski definition) is 1. The molecule has 1 saturated heterocycles. The topological polar surface area (TPSA) is 52.7 Å². The lowest BCUT2D eigenvalue weighted by Crippen LogP contribution is -2.49. The fourth-order valence-electron chi connectivity index (χ4n) is 3.30. The fraction of sp³-hybridized carbons (Fsp3) is 0.333. The number of nitrogens with zero attached hydrogens (tertiary/aromatic N) is 2. The summed E-state index contributed by atoms with van der Waals surface area (Å²) in [4.78, 5) is 28.4. The zero-order valence-electron chi connectivity index (χ0n) is 15.7. The molecule has 0 spiro atoms. The number of benzene rings is 2. The van der Waals surface area contributed by atoms with E-state index in [0.717, 1.165) is 13.1 Å². The molecule has 1 aliphatic heterocycles. The summed E-state index contributed by atoms with van der Waals surface area (Å²) >= 11 is 0. The lowest BCUT2D eigenvalue weighted by atomic mass is 10.1. The second kappa shape index (κ2) is 8.20. The van der Waals surface area contributed by atoms with E-state index in [2.05, 4.69) is 36.2 Å². The van der Waals surface area contributed by atoms with E-state index >= 15 is 0 Å². The maximum Gasteiger partial charge on any atom is 0.233 e. The molecule has 2 amide bonds. The Balaban J connectivity index is 1.52. The van der Waals surface area contributed by atoms with Crippen LogP contribution >= 0.6 is 0 Å². The van der Waals surface area contributed by atoms with Crippen LogP contribution in [0, 0.1) is 19.7 Å². The molecule has 1 aliphatic rings. The van der Waals surface area contributed by atoms with Crippen molar-refractivity contribution in [2.45, 2.75) is 20.3 Å². The van der Waals surface area contributed by atoms with Gasteiger partial charge in [-0.05, 0) is 49.2 Å². The Hall–Kier alpha value is -2.89.